The molecule has 0 aliphatic carbocycles. The van der Waals surface area contributed by atoms with Crippen LogP contribution in [0.1, 0.15) is 11.1 Å². The molecular formula is C11H7NO2. The highest BCUT2D eigenvalue weighted by Crippen LogP contribution is 2.03. The number of carboxylic acid groups (broad SMARTS) is 1. The first kappa shape index (κ1) is 9.83. The normalized spacial score (nSPS) is 8.21. The fourth-order valence-corrected chi connectivity index (χ4v) is 0.981. The summed E-state index contributed by atoms with van der Waals surface area (Å²) in [6, 6.07) is 8.48. The van der Waals surface area contributed by atoms with Crippen molar-refractivity contribution in [2.75, 3.05) is 0 Å². The van der Waals surface area contributed by atoms with E-state index < -0.39 is 5.97 Å². The second-order valence-electron chi connectivity index (χ2n) is 2.63. The summed E-state index contributed by atoms with van der Waals surface area (Å²) >= 11 is 0. The molecule has 0 bridgehead atoms. The number of carbonyl (C=O) groups is 1. The highest BCUT2D eigenvalue weighted by molar-refractivity contribution is 5.70. The fourth-order valence-electron chi connectivity index (χ4n) is 0.981. The van der Waals surface area contributed by atoms with Crippen LogP contribution in [-0.4, -0.2) is 11.1 Å². The number of carboxylic acids is 1. The van der Waals surface area contributed by atoms with E-state index in [1.54, 1.807) is 30.3 Å². The molecule has 0 aliphatic rings. The standard InChI is InChI=1S/C11H7NO2/c12-7-1-2-9-3-5-10(6-4-9)8-11(13)14/h3-6H,8H2,(H,13,14). The molecule has 0 aliphatic heterocycles. The minimum Gasteiger partial charge on any atom is -0.481 e. The average molecular weight is 185 g/mol. The number of benzene rings is 1. The zero-order chi connectivity index (χ0) is 10.4. The fraction of sp³-hybridized carbons (Fsp3) is 0.0909. The van der Waals surface area contributed by atoms with Crippen molar-refractivity contribution in [2.45, 2.75) is 6.42 Å². The molecule has 1 rings (SSSR count). The molecule has 0 amide bonds. The third-order valence-electron chi connectivity index (χ3n) is 1.57. The highest BCUT2D eigenvalue weighted by atomic mass is 16.4. The number of aliphatic carboxylic acids is 1. The maximum atomic E-state index is 10.4. The first-order chi connectivity index (χ1) is 6.72. The molecule has 0 aromatic heterocycles. The Morgan fingerprint density at radius 2 is 2.00 bits per heavy atom. The topological polar surface area (TPSA) is 61.1 Å². The van der Waals surface area contributed by atoms with Crippen molar-refractivity contribution in [3.8, 4) is 17.9 Å². The molecule has 0 spiro atoms. The zero-order valence-electron chi connectivity index (χ0n) is 7.32. The second kappa shape index (κ2) is 4.69. The van der Waals surface area contributed by atoms with E-state index in [0.717, 1.165) is 5.56 Å². The molecule has 3 nitrogen and oxygen atoms in total. The lowest BCUT2D eigenvalue weighted by Gasteiger charge is -1.95. The minimum atomic E-state index is -0.860. The van der Waals surface area contributed by atoms with Gasteiger partial charge < -0.3 is 5.11 Å². The Bertz CT molecular complexity index is 429. The number of rotatable bonds is 2. The maximum Gasteiger partial charge on any atom is 0.307 e. The van der Waals surface area contributed by atoms with Crippen molar-refractivity contribution in [2.24, 2.45) is 0 Å². The van der Waals surface area contributed by atoms with Crippen LogP contribution in [0.25, 0.3) is 0 Å². The Balaban J connectivity index is 2.79. The van der Waals surface area contributed by atoms with Crippen LogP contribution < -0.4 is 0 Å². The highest BCUT2D eigenvalue weighted by Gasteiger charge is 1.98. The van der Waals surface area contributed by atoms with Crippen molar-refractivity contribution in [1.29, 1.82) is 5.26 Å². The van der Waals surface area contributed by atoms with Crippen LogP contribution in [0.2, 0.25) is 0 Å². The number of nitriles is 1. The van der Waals surface area contributed by atoms with E-state index in [2.05, 4.69) is 11.8 Å². The molecule has 0 radical (unpaired) electrons. The SMILES string of the molecule is N#CC#Cc1ccc(CC(=O)O)cc1. The third-order valence-corrected chi connectivity index (χ3v) is 1.57. The summed E-state index contributed by atoms with van der Waals surface area (Å²) in [5.74, 6) is 4.02. The van der Waals surface area contributed by atoms with E-state index in [-0.39, 0.29) is 6.42 Å². The lowest BCUT2D eigenvalue weighted by atomic mass is 10.1. The quantitative estimate of drug-likeness (QED) is 0.704. The van der Waals surface area contributed by atoms with Crippen LogP contribution in [0.15, 0.2) is 24.3 Å². The van der Waals surface area contributed by atoms with E-state index in [0.29, 0.717) is 5.56 Å². The third kappa shape index (κ3) is 3.00. The van der Waals surface area contributed by atoms with Crippen LogP contribution in [0.4, 0.5) is 0 Å². The average Bonchev–Trinajstić information content (AvgIpc) is 2.16. The van der Waals surface area contributed by atoms with Crippen molar-refractivity contribution in [1.82, 2.24) is 0 Å². The monoisotopic (exact) mass is 185 g/mol. The number of hydrogen-bond acceptors (Lipinski definition) is 2. The molecule has 0 saturated carbocycles. The molecule has 68 valence electrons. The molecule has 3 heteroatoms. The number of hydrogen-bond donors (Lipinski definition) is 1. The lowest BCUT2D eigenvalue weighted by molar-refractivity contribution is -0.136. The van der Waals surface area contributed by atoms with Crippen molar-refractivity contribution in [3.63, 3.8) is 0 Å². The zero-order valence-corrected chi connectivity index (χ0v) is 7.32. The van der Waals surface area contributed by atoms with Crippen LogP contribution in [0, 0.1) is 23.2 Å². The smallest absolute Gasteiger partial charge is 0.307 e. The molecule has 1 N–H and O–H groups in total. The van der Waals surface area contributed by atoms with E-state index >= 15 is 0 Å². The largest absolute Gasteiger partial charge is 0.481 e. The molecule has 14 heavy (non-hydrogen) atoms. The van der Waals surface area contributed by atoms with Gasteiger partial charge in [-0.3, -0.25) is 4.79 Å². The molecule has 0 saturated heterocycles. The molecule has 1 aromatic rings. The summed E-state index contributed by atoms with van der Waals surface area (Å²) in [7, 11) is 0. The summed E-state index contributed by atoms with van der Waals surface area (Å²) in [5, 5.41) is 16.7. The van der Waals surface area contributed by atoms with Crippen LogP contribution in [-0.2, 0) is 11.2 Å². The summed E-state index contributed by atoms with van der Waals surface area (Å²) in [5.41, 5.74) is 1.43. The second-order valence-corrected chi connectivity index (χ2v) is 2.63. The molecule has 0 fully saturated rings. The van der Waals surface area contributed by atoms with Gasteiger partial charge in [0.05, 0.1) is 6.42 Å². The Hall–Kier alpha value is -2.26. The maximum absolute atomic E-state index is 10.4. The van der Waals surface area contributed by atoms with Gasteiger partial charge in [-0.1, -0.05) is 18.1 Å². The summed E-state index contributed by atoms with van der Waals surface area (Å²) < 4.78 is 0. The first-order valence-corrected chi connectivity index (χ1v) is 3.93. The van der Waals surface area contributed by atoms with Crippen molar-refractivity contribution in [3.05, 3.63) is 35.4 Å². The van der Waals surface area contributed by atoms with E-state index in [1.165, 1.54) is 0 Å². The van der Waals surface area contributed by atoms with Gasteiger partial charge in [-0.2, -0.15) is 5.26 Å². The molecule has 0 atom stereocenters. The molecule has 0 unspecified atom stereocenters. The number of nitrogens with zero attached hydrogens (tertiary/aromatic N) is 1. The van der Waals surface area contributed by atoms with Gasteiger partial charge in [-0.15, -0.1) is 0 Å². The predicted octanol–water partition coefficient (Wildman–Crippen LogP) is 1.19. The van der Waals surface area contributed by atoms with Crippen LogP contribution in [0.5, 0.6) is 0 Å². The van der Waals surface area contributed by atoms with Gasteiger partial charge >= 0.3 is 5.97 Å². The van der Waals surface area contributed by atoms with Crippen molar-refractivity contribution < 1.29 is 9.90 Å². The molecule has 0 heterocycles. The molecule has 1 aromatic carbocycles. The van der Waals surface area contributed by atoms with E-state index in [9.17, 15) is 4.79 Å². The summed E-state index contributed by atoms with van der Waals surface area (Å²) in [4.78, 5) is 10.4. The van der Waals surface area contributed by atoms with Gasteiger partial charge in [0.1, 0.15) is 0 Å². The Kier molecular flexibility index (Phi) is 3.29. The van der Waals surface area contributed by atoms with Crippen molar-refractivity contribution >= 4 is 5.97 Å². The van der Waals surface area contributed by atoms with E-state index in [1.807, 2.05) is 0 Å². The van der Waals surface area contributed by atoms with Gasteiger partial charge in [-0.25, -0.2) is 0 Å². The van der Waals surface area contributed by atoms with Gasteiger partial charge in [-0.05, 0) is 17.7 Å². The van der Waals surface area contributed by atoms with Gasteiger partial charge in [0.2, 0.25) is 0 Å². The van der Waals surface area contributed by atoms with Gasteiger partial charge in [0.15, 0.2) is 6.07 Å². The summed E-state index contributed by atoms with van der Waals surface area (Å²) in [6.45, 7) is 0. The summed E-state index contributed by atoms with van der Waals surface area (Å²) in [6.07, 6.45) is 0.00591. The Morgan fingerprint density at radius 3 is 2.50 bits per heavy atom. The van der Waals surface area contributed by atoms with Crippen LogP contribution >= 0.6 is 0 Å². The van der Waals surface area contributed by atoms with Crippen LogP contribution in [0.3, 0.4) is 0 Å². The predicted molar refractivity (Wildman–Crippen MR) is 50.3 cm³/mol. The molecular weight excluding hydrogens is 178 g/mol. The van der Waals surface area contributed by atoms with Gasteiger partial charge in [0.25, 0.3) is 0 Å². The Labute approximate surface area is 81.6 Å². The van der Waals surface area contributed by atoms with Gasteiger partial charge in [0, 0.05) is 11.5 Å². The lowest BCUT2D eigenvalue weighted by Crippen LogP contribution is -1.99. The minimum absolute atomic E-state index is 0.00591. The van der Waals surface area contributed by atoms with E-state index in [4.69, 9.17) is 10.4 Å². The Morgan fingerprint density at radius 1 is 1.36 bits per heavy atom. The first-order valence-electron chi connectivity index (χ1n) is 3.93.